The molecule has 5 rings (SSSR count). The number of benzene rings is 2. The first kappa shape index (κ1) is 30.6. The number of hydrogen-bond acceptors (Lipinski definition) is 10. The van der Waals surface area contributed by atoms with Crippen molar-refractivity contribution in [1.82, 2.24) is 4.98 Å². The summed E-state index contributed by atoms with van der Waals surface area (Å²) in [7, 11) is -7.12. The van der Waals surface area contributed by atoms with Gasteiger partial charge in [0, 0.05) is 26.4 Å². The van der Waals surface area contributed by atoms with Gasteiger partial charge in [-0.1, -0.05) is 30.3 Å². The highest BCUT2D eigenvalue weighted by Gasteiger charge is 2.44. The van der Waals surface area contributed by atoms with E-state index in [9.17, 15) is 9.13 Å². The molecule has 1 aliphatic heterocycles. The second-order valence-electron chi connectivity index (χ2n) is 9.54. The smallest absolute Gasteiger partial charge is 0.339 e. The van der Waals surface area contributed by atoms with Gasteiger partial charge in [-0.2, -0.15) is 0 Å². The number of thiophene rings is 1. The van der Waals surface area contributed by atoms with Crippen molar-refractivity contribution in [2.45, 2.75) is 39.3 Å². The Balaban J connectivity index is 1.33. The van der Waals surface area contributed by atoms with Crippen molar-refractivity contribution in [3.63, 3.8) is 0 Å². The van der Waals surface area contributed by atoms with Crippen LogP contribution in [0.5, 0.6) is 5.75 Å². The quantitative estimate of drug-likeness (QED) is 0.135. The fraction of sp³-hybridized carbons (Fsp3) is 0.414. The summed E-state index contributed by atoms with van der Waals surface area (Å²) in [6.45, 7) is 7.21. The average Bonchev–Trinajstić information content (AvgIpc) is 3.56. The average molecular weight is 636 g/mol. The lowest BCUT2D eigenvalue weighted by Crippen LogP contribution is -2.16. The largest absolute Gasteiger partial charge is 0.493 e. The van der Waals surface area contributed by atoms with E-state index in [1.54, 1.807) is 25.2 Å². The third-order valence-corrected chi connectivity index (χ3v) is 13.8. The Kier molecular flexibility index (Phi) is 10.2. The van der Waals surface area contributed by atoms with E-state index >= 15 is 0 Å². The highest BCUT2D eigenvalue weighted by Crippen LogP contribution is 2.68. The SMILES string of the molecule is CCOP(=O)(OCC)C(CP1(=O)OCCCO1)c1cc2cc(OCCc3nc(-c4ccccc4)sc3C)ccc2s1. The number of aryl methyl sites for hydroxylation is 1. The lowest BCUT2D eigenvalue weighted by atomic mass is 10.2. The maximum Gasteiger partial charge on any atom is 0.339 e. The van der Waals surface area contributed by atoms with E-state index in [0.29, 0.717) is 32.7 Å². The van der Waals surface area contributed by atoms with E-state index in [-0.39, 0.29) is 19.4 Å². The zero-order chi connectivity index (χ0) is 28.9. The van der Waals surface area contributed by atoms with Crippen LogP contribution >= 0.6 is 37.9 Å². The van der Waals surface area contributed by atoms with Crippen molar-refractivity contribution >= 4 is 48.0 Å². The van der Waals surface area contributed by atoms with E-state index in [0.717, 1.165) is 37.0 Å². The van der Waals surface area contributed by atoms with Crippen LogP contribution < -0.4 is 4.74 Å². The monoisotopic (exact) mass is 635 g/mol. The molecule has 1 atom stereocenters. The molecule has 220 valence electrons. The molecule has 12 heteroatoms. The predicted molar refractivity (Wildman–Crippen MR) is 166 cm³/mol. The minimum atomic E-state index is -3.66. The van der Waals surface area contributed by atoms with Crippen LogP contribution in [0.3, 0.4) is 0 Å². The summed E-state index contributed by atoms with van der Waals surface area (Å²) in [5.74, 6) is 0.735. The Bertz CT molecular complexity index is 1540. The van der Waals surface area contributed by atoms with Gasteiger partial charge in [-0.3, -0.25) is 9.13 Å². The molecule has 1 unspecified atom stereocenters. The van der Waals surface area contributed by atoms with Crippen molar-refractivity contribution in [2.75, 3.05) is 39.2 Å². The summed E-state index contributed by atoms with van der Waals surface area (Å²) in [6, 6.07) is 18.0. The predicted octanol–water partition coefficient (Wildman–Crippen LogP) is 8.89. The van der Waals surface area contributed by atoms with Crippen LogP contribution in [0.15, 0.2) is 54.6 Å². The van der Waals surface area contributed by atoms with Gasteiger partial charge in [-0.25, -0.2) is 4.98 Å². The molecule has 0 spiro atoms. The summed E-state index contributed by atoms with van der Waals surface area (Å²) in [4.78, 5) is 6.78. The third kappa shape index (κ3) is 7.38. The number of hydrogen-bond donors (Lipinski definition) is 0. The summed E-state index contributed by atoms with van der Waals surface area (Å²) >= 11 is 3.17. The second kappa shape index (κ2) is 13.6. The lowest BCUT2D eigenvalue weighted by molar-refractivity contribution is 0.144. The zero-order valence-corrected chi connectivity index (χ0v) is 26.9. The fourth-order valence-electron chi connectivity index (χ4n) is 4.67. The molecule has 41 heavy (non-hydrogen) atoms. The van der Waals surface area contributed by atoms with Crippen LogP contribution in [0, 0.1) is 6.92 Å². The summed E-state index contributed by atoms with van der Waals surface area (Å²) < 4.78 is 57.0. The molecule has 0 amide bonds. The van der Waals surface area contributed by atoms with Crippen molar-refractivity contribution in [2.24, 2.45) is 0 Å². The molecule has 1 aliphatic rings. The number of thiazole rings is 1. The molecule has 2 aromatic heterocycles. The Labute approximate surface area is 249 Å². The van der Waals surface area contributed by atoms with E-state index in [2.05, 4.69) is 19.1 Å². The molecule has 0 radical (unpaired) electrons. The van der Waals surface area contributed by atoms with Crippen LogP contribution in [0.2, 0.25) is 0 Å². The third-order valence-electron chi connectivity index (χ3n) is 6.62. The van der Waals surface area contributed by atoms with Crippen LogP contribution in [0.25, 0.3) is 20.7 Å². The van der Waals surface area contributed by atoms with Gasteiger partial charge in [-0.05, 0) is 56.8 Å². The summed E-state index contributed by atoms with van der Waals surface area (Å²) in [5.41, 5.74) is 1.38. The molecule has 1 saturated heterocycles. The molecule has 0 saturated carbocycles. The number of ether oxygens (including phenoxy) is 1. The first-order chi connectivity index (χ1) is 19.8. The minimum absolute atomic E-state index is 0.0710. The second-order valence-corrected chi connectivity index (χ2v) is 16.2. The summed E-state index contributed by atoms with van der Waals surface area (Å²) in [6.07, 6.45) is 1.30. The van der Waals surface area contributed by atoms with E-state index in [1.165, 1.54) is 16.2 Å². The number of fused-ring (bicyclic) bond motifs is 1. The van der Waals surface area contributed by atoms with Gasteiger partial charge in [0.15, 0.2) is 0 Å². The molecule has 0 aliphatic carbocycles. The molecule has 0 bridgehead atoms. The van der Waals surface area contributed by atoms with Crippen molar-refractivity contribution in [3.05, 3.63) is 70.0 Å². The van der Waals surface area contributed by atoms with E-state index < -0.39 is 20.9 Å². The molecule has 2 aromatic carbocycles. The van der Waals surface area contributed by atoms with E-state index in [1.807, 2.05) is 42.5 Å². The Morgan fingerprint density at radius 2 is 1.76 bits per heavy atom. The molecular formula is C29H35NO7P2S2. The van der Waals surface area contributed by atoms with E-state index in [4.69, 9.17) is 27.8 Å². The minimum Gasteiger partial charge on any atom is -0.493 e. The zero-order valence-electron chi connectivity index (χ0n) is 23.4. The van der Waals surface area contributed by atoms with Crippen molar-refractivity contribution in [3.8, 4) is 16.3 Å². The van der Waals surface area contributed by atoms with Gasteiger partial charge >= 0.3 is 15.2 Å². The standard InChI is InChI=1S/C29H35NO7P2S2/c1-4-34-39(32,35-5-2)26(20-38(31)36-15-9-16-37-38)28-19-23-18-24(12-13-27(23)41-28)33-17-14-25-21(3)40-29(30-25)22-10-7-6-8-11-22/h6-8,10-13,18-19,26H,4-5,9,14-17,20H2,1-3H3. The van der Waals surface area contributed by atoms with Crippen LogP contribution in [0.4, 0.5) is 0 Å². The fourth-order valence-corrected chi connectivity index (χ4v) is 12.0. The first-order valence-corrected chi connectivity index (χ1v) is 18.7. The molecular weight excluding hydrogens is 600 g/mol. The van der Waals surface area contributed by atoms with Gasteiger partial charge in [0.05, 0.1) is 44.9 Å². The molecule has 0 N–H and O–H groups in total. The molecule has 8 nitrogen and oxygen atoms in total. The Hall–Kier alpha value is -1.87. The van der Waals surface area contributed by atoms with Gasteiger partial charge < -0.3 is 22.8 Å². The van der Waals surface area contributed by atoms with Gasteiger partial charge in [0.1, 0.15) is 16.4 Å². The van der Waals surface area contributed by atoms with Crippen molar-refractivity contribution in [1.29, 1.82) is 0 Å². The summed E-state index contributed by atoms with van der Waals surface area (Å²) in [5, 5.41) is 1.95. The van der Waals surface area contributed by atoms with Gasteiger partial charge in [-0.15, -0.1) is 22.7 Å². The van der Waals surface area contributed by atoms with Gasteiger partial charge in [0.2, 0.25) is 0 Å². The Morgan fingerprint density at radius 1 is 1.02 bits per heavy atom. The normalized spacial score (nSPS) is 16.2. The van der Waals surface area contributed by atoms with Crippen LogP contribution in [-0.2, 0) is 33.6 Å². The molecule has 4 aromatic rings. The molecule has 1 fully saturated rings. The molecule has 3 heterocycles. The lowest BCUT2D eigenvalue weighted by Gasteiger charge is -2.30. The highest BCUT2D eigenvalue weighted by molar-refractivity contribution is 7.58. The van der Waals surface area contributed by atoms with Crippen LogP contribution in [0.1, 0.15) is 41.4 Å². The Morgan fingerprint density at radius 3 is 2.46 bits per heavy atom. The first-order valence-electron chi connectivity index (χ1n) is 13.8. The maximum absolute atomic E-state index is 14.0. The number of nitrogens with zero attached hydrogens (tertiary/aromatic N) is 1. The number of aromatic nitrogens is 1. The maximum atomic E-state index is 14.0. The van der Waals surface area contributed by atoms with Crippen molar-refractivity contribution < 1.29 is 32.0 Å². The van der Waals surface area contributed by atoms with Gasteiger partial charge in [0.25, 0.3) is 0 Å². The highest BCUT2D eigenvalue weighted by atomic mass is 32.1. The number of rotatable bonds is 13. The topological polar surface area (TPSA) is 93.2 Å². The van der Waals surface area contributed by atoms with Crippen LogP contribution in [-0.4, -0.2) is 44.2 Å².